The van der Waals surface area contributed by atoms with E-state index in [1.54, 1.807) is 18.2 Å². The zero-order valence-corrected chi connectivity index (χ0v) is 9.15. The molecule has 0 saturated carbocycles. The number of nitrogen functional groups attached to an aromatic ring is 1. The van der Waals surface area contributed by atoms with E-state index in [2.05, 4.69) is 20.9 Å². The van der Waals surface area contributed by atoms with Gasteiger partial charge in [0.1, 0.15) is 0 Å². The van der Waals surface area contributed by atoms with Crippen molar-refractivity contribution in [2.75, 3.05) is 5.73 Å². The highest BCUT2D eigenvalue weighted by Crippen LogP contribution is 2.26. The lowest BCUT2D eigenvalue weighted by atomic mass is 10.1. The van der Waals surface area contributed by atoms with Crippen molar-refractivity contribution in [3.8, 4) is 0 Å². The first kappa shape index (κ1) is 9.92. The van der Waals surface area contributed by atoms with Crippen LogP contribution in [-0.2, 0) is 0 Å². The van der Waals surface area contributed by atoms with E-state index in [0.29, 0.717) is 11.1 Å². The maximum atomic E-state index is 10.9. The number of nitrogens with two attached hydrogens (primary N) is 1. The number of aromatic nitrogens is 1. The van der Waals surface area contributed by atoms with Crippen LogP contribution in [0.5, 0.6) is 0 Å². The van der Waals surface area contributed by atoms with Crippen molar-refractivity contribution in [3.05, 3.63) is 34.6 Å². The minimum atomic E-state index is -1.06. The molecule has 1 aromatic carbocycles. The summed E-state index contributed by atoms with van der Waals surface area (Å²) in [5.41, 5.74) is 6.14. The monoisotopic (exact) mass is 266 g/mol. The molecule has 2 aromatic rings. The lowest BCUT2D eigenvalue weighted by molar-refractivity contribution is 0.0693. The van der Waals surface area contributed by atoms with E-state index >= 15 is 0 Å². The van der Waals surface area contributed by atoms with Crippen LogP contribution in [0, 0.1) is 0 Å². The average molecular weight is 267 g/mol. The van der Waals surface area contributed by atoms with Crippen LogP contribution >= 0.6 is 15.9 Å². The molecule has 0 unspecified atom stereocenters. The van der Waals surface area contributed by atoms with Gasteiger partial charge in [0.25, 0.3) is 0 Å². The van der Waals surface area contributed by atoms with E-state index in [1.165, 1.54) is 6.20 Å². The Hall–Kier alpha value is -1.62. The normalized spacial score (nSPS) is 10.5. The Morgan fingerprint density at radius 2 is 2.13 bits per heavy atom. The number of benzene rings is 1. The molecule has 0 fully saturated rings. The summed E-state index contributed by atoms with van der Waals surface area (Å²) in [6.07, 6.45) is 1.47. The van der Waals surface area contributed by atoms with E-state index in [1.807, 2.05) is 0 Å². The number of nitrogens with zero attached hydrogens (tertiary/aromatic N) is 1. The smallest absolute Gasteiger partial charge is 0.355 e. The predicted octanol–water partition coefficient (Wildman–Crippen LogP) is 2.28. The molecule has 5 heteroatoms. The number of hydrogen-bond acceptors (Lipinski definition) is 3. The summed E-state index contributed by atoms with van der Waals surface area (Å²) in [7, 11) is 0. The van der Waals surface area contributed by atoms with Crippen LogP contribution in [-0.4, -0.2) is 16.1 Å². The van der Waals surface area contributed by atoms with Gasteiger partial charge in [0, 0.05) is 27.1 Å². The van der Waals surface area contributed by atoms with Crippen LogP contribution in [0.1, 0.15) is 10.5 Å². The van der Waals surface area contributed by atoms with Crippen molar-refractivity contribution in [3.63, 3.8) is 0 Å². The van der Waals surface area contributed by atoms with E-state index in [9.17, 15) is 4.79 Å². The minimum absolute atomic E-state index is 0.0144. The Kier molecular flexibility index (Phi) is 2.32. The maximum Gasteiger partial charge on any atom is 0.355 e. The number of carboxylic acid groups (broad SMARTS) is 1. The molecule has 15 heavy (non-hydrogen) atoms. The van der Waals surface area contributed by atoms with Gasteiger partial charge in [0.15, 0.2) is 5.69 Å². The lowest BCUT2D eigenvalue weighted by Gasteiger charge is -2.04. The van der Waals surface area contributed by atoms with Crippen molar-refractivity contribution in [1.29, 1.82) is 0 Å². The SMILES string of the molecule is Nc1ccc2c(Br)cnc(C(=O)O)c2c1. The van der Waals surface area contributed by atoms with Gasteiger partial charge in [-0.2, -0.15) is 0 Å². The van der Waals surface area contributed by atoms with Gasteiger partial charge in [-0.05, 0) is 28.1 Å². The first-order valence-corrected chi connectivity index (χ1v) is 4.96. The van der Waals surface area contributed by atoms with Gasteiger partial charge in [0.2, 0.25) is 0 Å². The molecule has 0 aliphatic carbocycles. The highest BCUT2D eigenvalue weighted by Gasteiger charge is 2.11. The minimum Gasteiger partial charge on any atom is -0.476 e. The van der Waals surface area contributed by atoms with Crippen molar-refractivity contribution >= 4 is 38.4 Å². The third-order valence-electron chi connectivity index (χ3n) is 2.07. The molecule has 0 aliphatic heterocycles. The summed E-state index contributed by atoms with van der Waals surface area (Å²) < 4.78 is 0.752. The third kappa shape index (κ3) is 1.66. The van der Waals surface area contributed by atoms with Gasteiger partial charge in [-0.3, -0.25) is 0 Å². The summed E-state index contributed by atoms with van der Waals surface area (Å²) in [6.45, 7) is 0. The molecule has 0 saturated heterocycles. The molecular formula is C10H7BrN2O2. The van der Waals surface area contributed by atoms with Crippen LogP contribution in [0.15, 0.2) is 28.9 Å². The zero-order valence-electron chi connectivity index (χ0n) is 7.57. The van der Waals surface area contributed by atoms with Gasteiger partial charge in [-0.1, -0.05) is 6.07 Å². The summed E-state index contributed by atoms with van der Waals surface area (Å²) >= 11 is 3.31. The molecule has 0 atom stereocenters. The number of anilines is 1. The fraction of sp³-hybridized carbons (Fsp3) is 0. The Morgan fingerprint density at radius 3 is 2.80 bits per heavy atom. The first-order valence-electron chi connectivity index (χ1n) is 4.16. The number of carboxylic acids is 1. The van der Waals surface area contributed by atoms with Crippen LogP contribution in [0.3, 0.4) is 0 Å². The predicted molar refractivity (Wildman–Crippen MR) is 60.8 cm³/mol. The standard InChI is InChI=1S/C10H7BrN2O2/c11-8-4-13-9(10(14)15)7-3-5(12)1-2-6(7)8/h1-4H,12H2,(H,14,15). The van der Waals surface area contributed by atoms with Crippen molar-refractivity contribution < 1.29 is 9.90 Å². The number of hydrogen-bond donors (Lipinski definition) is 2. The second-order valence-electron chi connectivity index (χ2n) is 3.06. The molecule has 1 heterocycles. The maximum absolute atomic E-state index is 10.9. The topological polar surface area (TPSA) is 76.2 Å². The quantitative estimate of drug-likeness (QED) is 0.777. The summed E-state index contributed by atoms with van der Waals surface area (Å²) in [5.74, 6) is -1.06. The second-order valence-corrected chi connectivity index (χ2v) is 3.92. The van der Waals surface area contributed by atoms with E-state index in [0.717, 1.165) is 9.86 Å². The summed E-state index contributed by atoms with van der Waals surface area (Å²) in [6, 6.07) is 5.10. The second kappa shape index (κ2) is 3.51. The fourth-order valence-corrected chi connectivity index (χ4v) is 1.84. The highest BCUT2D eigenvalue weighted by atomic mass is 79.9. The molecule has 76 valence electrons. The number of carbonyl (C=O) groups is 1. The van der Waals surface area contributed by atoms with Gasteiger partial charge >= 0.3 is 5.97 Å². The number of rotatable bonds is 1. The summed E-state index contributed by atoms with van der Waals surface area (Å²) in [5, 5.41) is 10.3. The molecule has 2 rings (SSSR count). The van der Waals surface area contributed by atoms with Crippen LogP contribution in [0.25, 0.3) is 10.8 Å². The first-order chi connectivity index (χ1) is 7.09. The number of pyridine rings is 1. The highest BCUT2D eigenvalue weighted by molar-refractivity contribution is 9.10. The van der Waals surface area contributed by atoms with Crippen LogP contribution < -0.4 is 5.73 Å². The van der Waals surface area contributed by atoms with Crippen molar-refractivity contribution in [2.45, 2.75) is 0 Å². The molecule has 0 radical (unpaired) electrons. The Balaban J connectivity index is 2.90. The molecule has 3 N–H and O–H groups in total. The molecule has 4 nitrogen and oxygen atoms in total. The van der Waals surface area contributed by atoms with E-state index in [-0.39, 0.29) is 5.69 Å². The van der Waals surface area contributed by atoms with E-state index < -0.39 is 5.97 Å². The number of aromatic carboxylic acids is 1. The van der Waals surface area contributed by atoms with Crippen molar-refractivity contribution in [2.24, 2.45) is 0 Å². The largest absolute Gasteiger partial charge is 0.476 e. The molecular weight excluding hydrogens is 260 g/mol. The van der Waals surface area contributed by atoms with Gasteiger partial charge in [0.05, 0.1) is 0 Å². The number of fused-ring (bicyclic) bond motifs is 1. The Morgan fingerprint density at radius 1 is 1.40 bits per heavy atom. The molecule has 0 spiro atoms. The van der Waals surface area contributed by atoms with Gasteiger partial charge in [-0.25, -0.2) is 9.78 Å². The van der Waals surface area contributed by atoms with Gasteiger partial charge in [-0.15, -0.1) is 0 Å². The number of halogens is 1. The molecule has 0 amide bonds. The van der Waals surface area contributed by atoms with E-state index in [4.69, 9.17) is 10.8 Å². The zero-order chi connectivity index (χ0) is 11.0. The molecule has 0 aliphatic rings. The fourth-order valence-electron chi connectivity index (χ4n) is 1.40. The molecule has 1 aromatic heterocycles. The average Bonchev–Trinajstić information content (AvgIpc) is 2.17. The van der Waals surface area contributed by atoms with Crippen molar-refractivity contribution in [1.82, 2.24) is 4.98 Å². The summed E-state index contributed by atoms with van der Waals surface area (Å²) in [4.78, 5) is 14.8. The Bertz CT molecular complexity index is 554. The van der Waals surface area contributed by atoms with Crippen LogP contribution in [0.4, 0.5) is 5.69 Å². The Labute approximate surface area is 93.9 Å². The van der Waals surface area contributed by atoms with Gasteiger partial charge < -0.3 is 10.8 Å². The molecule has 0 bridgehead atoms. The third-order valence-corrected chi connectivity index (χ3v) is 2.70. The lowest BCUT2D eigenvalue weighted by Crippen LogP contribution is -2.01. The van der Waals surface area contributed by atoms with Crippen LogP contribution in [0.2, 0.25) is 0 Å².